The first-order chi connectivity index (χ1) is 14.6. The third-order valence-electron chi connectivity index (χ3n) is 6.20. The standard InChI is InChI=1S/C20H37N3O6SSi2/c1-11(22(7)17(27)29-19(2,3)4)15(24)21-32-9-8-30-12-10-20(5,6)14(13(31)16(25)26)23(12)18(32)28/h11-14,32H,8-10H2,1-7,31H3,(H,21,24)(H,25,26)/t11?,12?,13?,14?,32-/m0/s1. The van der Waals surface area contributed by atoms with Gasteiger partial charge in [-0.15, -0.1) is 11.8 Å². The van der Waals surface area contributed by atoms with E-state index in [1.807, 2.05) is 13.8 Å². The topological polar surface area (TPSA) is 116 Å². The molecule has 12 heteroatoms. The van der Waals surface area contributed by atoms with Crippen LogP contribution in [0.5, 0.6) is 0 Å². The zero-order valence-electron chi connectivity index (χ0n) is 20.3. The maximum Gasteiger partial charge on any atom is 0.410 e. The Balaban J connectivity index is 2.17. The first-order valence-corrected chi connectivity index (χ1v) is 15.2. The molecule has 182 valence electrons. The number of likely N-dealkylation sites (N-methyl/N-ethyl adjacent to an activating group) is 1. The van der Waals surface area contributed by atoms with Crippen molar-refractivity contribution in [3.05, 3.63) is 0 Å². The van der Waals surface area contributed by atoms with E-state index in [0.717, 1.165) is 12.2 Å². The summed E-state index contributed by atoms with van der Waals surface area (Å²) in [5.74, 6) is -0.517. The highest BCUT2D eigenvalue weighted by Gasteiger charge is 2.54. The van der Waals surface area contributed by atoms with Crippen LogP contribution in [0.15, 0.2) is 0 Å². The fourth-order valence-corrected chi connectivity index (χ4v) is 10.2. The summed E-state index contributed by atoms with van der Waals surface area (Å²) in [7, 11) is -0.493. The van der Waals surface area contributed by atoms with Crippen LogP contribution in [0, 0.1) is 5.41 Å². The van der Waals surface area contributed by atoms with Crippen molar-refractivity contribution in [2.45, 2.75) is 82.6 Å². The van der Waals surface area contributed by atoms with Crippen molar-refractivity contribution in [1.29, 1.82) is 0 Å². The van der Waals surface area contributed by atoms with Crippen molar-refractivity contribution >= 4 is 54.5 Å². The van der Waals surface area contributed by atoms with E-state index in [9.17, 15) is 24.3 Å². The molecule has 2 saturated heterocycles. The Bertz CT molecular complexity index is 775. The molecular weight excluding hydrogens is 466 g/mol. The van der Waals surface area contributed by atoms with Gasteiger partial charge in [-0.25, -0.2) is 4.79 Å². The number of ether oxygens (including phenoxy) is 1. The second-order valence-electron chi connectivity index (χ2n) is 10.5. The van der Waals surface area contributed by atoms with Gasteiger partial charge in [0.2, 0.25) is 20.4 Å². The minimum Gasteiger partial charge on any atom is -0.481 e. The molecule has 4 unspecified atom stereocenters. The summed E-state index contributed by atoms with van der Waals surface area (Å²) in [6.45, 7) is 10.9. The molecule has 32 heavy (non-hydrogen) atoms. The summed E-state index contributed by atoms with van der Waals surface area (Å²) in [6, 6.07) is -0.575. The van der Waals surface area contributed by atoms with Crippen molar-refractivity contribution in [2.24, 2.45) is 5.41 Å². The lowest BCUT2D eigenvalue weighted by Crippen LogP contribution is -2.58. The normalized spacial score (nSPS) is 27.2. The zero-order valence-corrected chi connectivity index (χ0v) is 24.3. The molecule has 2 N–H and O–H groups in total. The van der Waals surface area contributed by atoms with Gasteiger partial charge >= 0.3 is 12.1 Å². The molecule has 2 heterocycles. The second kappa shape index (κ2) is 9.76. The average molecular weight is 504 g/mol. The van der Waals surface area contributed by atoms with Gasteiger partial charge in [0.25, 0.3) is 0 Å². The summed E-state index contributed by atoms with van der Waals surface area (Å²) >= 11 is 1.68. The van der Waals surface area contributed by atoms with E-state index in [1.165, 1.54) is 11.9 Å². The molecule has 0 spiro atoms. The second-order valence-corrected chi connectivity index (χ2v) is 15.4. The fraction of sp³-hybridized carbons (Fsp3) is 0.800. The third-order valence-corrected chi connectivity index (χ3v) is 11.4. The fourth-order valence-electron chi connectivity index (χ4n) is 4.42. The van der Waals surface area contributed by atoms with Gasteiger partial charge in [-0.2, -0.15) is 0 Å². The number of nitrogens with zero attached hydrogens (tertiary/aromatic N) is 2. The number of carbonyl (C=O) groups is 4. The lowest BCUT2D eigenvalue weighted by molar-refractivity contribution is -0.138. The number of carbonyl (C=O) groups excluding carboxylic acids is 3. The summed E-state index contributed by atoms with van der Waals surface area (Å²) in [4.78, 5) is 56.6. The van der Waals surface area contributed by atoms with Crippen molar-refractivity contribution in [3.8, 4) is 0 Å². The number of hydrogen-bond acceptors (Lipinski definition) is 6. The molecule has 2 aliphatic heterocycles. The van der Waals surface area contributed by atoms with E-state index in [0.29, 0.717) is 16.3 Å². The summed E-state index contributed by atoms with van der Waals surface area (Å²) in [6.07, 6.45) is 0.138. The molecule has 0 aromatic carbocycles. The van der Waals surface area contributed by atoms with Crippen molar-refractivity contribution in [2.75, 3.05) is 12.8 Å². The summed E-state index contributed by atoms with van der Waals surface area (Å²) < 4.78 is 5.33. The molecule has 0 bridgehead atoms. The van der Waals surface area contributed by atoms with Gasteiger partial charge in [0, 0.05) is 23.3 Å². The number of aliphatic carboxylic acids is 1. The van der Waals surface area contributed by atoms with Crippen LogP contribution in [-0.2, 0) is 14.3 Å². The van der Waals surface area contributed by atoms with Gasteiger partial charge < -0.3 is 19.7 Å². The molecule has 2 aliphatic rings. The number of rotatable bonds is 5. The maximum absolute atomic E-state index is 13.6. The molecule has 9 nitrogen and oxygen atoms in total. The quantitative estimate of drug-likeness (QED) is 0.542. The smallest absolute Gasteiger partial charge is 0.410 e. The van der Waals surface area contributed by atoms with Crippen molar-refractivity contribution < 1.29 is 29.0 Å². The monoisotopic (exact) mass is 503 g/mol. The van der Waals surface area contributed by atoms with Gasteiger partial charge in [-0.05, 0) is 51.3 Å². The number of hydrogen-bond donors (Lipinski definition) is 2. The number of carboxylic acids is 1. The van der Waals surface area contributed by atoms with E-state index in [4.69, 9.17) is 4.74 Å². The van der Waals surface area contributed by atoms with Crippen LogP contribution in [-0.4, -0.2) is 93.5 Å². The molecule has 0 aromatic rings. The van der Waals surface area contributed by atoms with E-state index in [1.54, 1.807) is 44.4 Å². The van der Waals surface area contributed by atoms with Crippen LogP contribution in [0.4, 0.5) is 9.59 Å². The van der Waals surface area contributed by atoms with Gasteiger partial charge in [-0.1, -0.05) is 13.8 Å². The molecule has 2 fully saturated rings. The van der Waals surface area contributed by atoms with E-state index >= 15 is 0 Å². The number of thioether (sulfide) groups is 1. The molecule has 2 rings (SSSR count). The van der Waals surface area contributed by atoms with E-state index in [-0.39, 0.29) is 28.3 Å². The average Bonchev–Trinajstić information content (AvgIpc) is 2.84. The first kappa shape index (κ1) is 26.7. The number of fused-ring (bicyclic) bond motifs is 1. The van der Waals surface area contributed by atoms with Gasteiger partial charge in [0.05, 0.1) is 10.9 Å². The molecular formula is C20H37N3O6SSi2. The van der Waals surface area contributed by atoms with Gasteiger partial charge in [-0.3, -0.25) is 19.3 Å². The Morgan fingerprint density at radius 1 is 1.38 bits per heavy atom. The van der Waals surface area contributed by atoms with Crippen LogP contribution in [0.1, 0.15) is 48.0 Å². The minimum absolute atomic E-state index is 0.0606. The molecule has 0 radical (unpaired) electrons. The Morgan fingerprint density at radius 3 is 2.50 bits per heavy atom. The lowest BCUT2D eigenvalue weighted by Gasteiger charge is -2.37. The Labute approximate surface area is 199 Å². The molecule has 0 aromatic heterocycles. The van der Waals surface area contributed by atoms with E-state index in [2.05, 4.69) is 4.98 Å². The Hall–Kier alpha value is -1.54. The number of nitrogens with one attached hydrogen (secondary N) is 1. The van der Waals surface area contributed by atoms with Crippen LogP contribution in [0.2, 0.25) is 11.6 Å². The van der Waals surface area contributed by atoms with Gasteiger partial charge in [0.15, 0.2) is 0 Å². The lowest BCUT2D eigenvalue weighted by atomic mass is 9.83. The van der Waals surface area contributed by atoms with Crippen LogP contribution in [0.3, 0.4) is 0 Å². The van der Waals surface area contributed by atoms with Crippen molar-refractivity contribution in [1.82, 2.24) is 14.8 Å². The molecule has 0 saturated carbocycles. The van der Waals surface area contributed by atoms with Crippen LogP contribution >= 0.6 is 11.8 Å². The molecule has 3 amide bonds. The minimum atomic E-state index is -2.43. The predicted molar refractivity (Wildman–Crippen MR) is 131 cm³/mol. The first-order valence-electron chi connectivity index (χ1n) is 11.0. The van der Waals surface area contributed by atoms with Crippen LogP contribution < -0.4 is 4.98 Å². The predicted octanol–water partition coefficient (Wildman–Crippen LogP) is 1.20. The van der Waals surface area contributed by atoms with Crippen molar-refractivity contribution in [3.63, 3.8) is 0 Å². The highest BCUT2D eigenvalue weighted by molar-refractivity contribution is 8.00. The summed E-state index contributed by atoms with van der Waals surface area (Å²) in [5, 5.41) is 9.62. The highest BCUT2D eigenvalue weighted by Crippen LogP contribution is 2.49. The largest absolute Gasteiger partial charge is 0.481 e. The molecule has 0 aliphatic carbocycles. The van der Waals surface area contributed by atoms with Gasteiger partial charge in [0.1, 0.15) is 11.6 Å². The zero-order chi connectivity index (χ0) is 24.6. The molecule has 5 atom stereocenters. The summed E-state index contributed by atoms with van der Waals surface area (Å²) in [5.41, 5.74) is -1.65. The number of amides is 3. The highest BCUT2D eigenvalue weighted by atomic mass is 32.2. The Morgan fingerprint density at radius 2 is 1.97 bits per heavy atom. The van der Waals surface area contributed by atoms with E-state index < -0.39 is 38.2 Å². The third kappa shape index (κ3) is 5.87. The maximum atomic E-state index is 13.6. The Kier molecular flexibility index (Phi) is 8.14. The SMILES string of the molecule is CC(C(=O)N[Si@H]1CCSC2CC(C)(C)C(C([SiH3])C(=O)O)N2C1=O)N(C)C(=O)OC(C)(C)C. The van der Waals surface area contributed by atoms with Crippen LogP contribution in [0.25, 0.3) is 0 Å². The number of carboxylic acid groups (broad SMARTS) is 1.